The molecule has 1 rings (SSSR count). The van der Waals surface area contributed by atoms with Gasteiger partial charge in [0.25, 0.3) is 0 Å². The van der Waals surface area contributed by atoms with Crippen molar-refractivity contribution in [2.75, 3.05) is 13.6 Å². The number of rotatable bonds is 6. The first kappa shape index (κ1) is 19.3. The lowest BCUT2D eigenvalue weighted by Crippen LogP contribution is -2.33. The molecule has 0 saturated heterocycles. The van der Waals surface area contributed by atoms with E-state index < -0.39 is 11.7 Å². The van der Waals surface area contributed by atoms with Crippen molar-refractivity contribution in [3.8, 4) is 0 Å². The summed E-state index contributed by atoms with van der Waals surface area (Å²) in [5.41, 5.74) is 0.510. The van der Waals surface area contributed by atoms with Crippen molar-refractivity contribution >= 4 is 23.6 Å². The van der Waals surface area contributed by atoms with Gasteiger partial charge in [-0.1, -0.05) is 23.7 Å². The topological polar surface area (TPSA) is 58.6 Å². The van der Waals surface area contributed by atoms with E-state index in [1.165, 1.54) is 0 Å². The Bertz CT molecular complexity index is 524. The molecule has 1 aromatic rings. The van der Waals surface area contributed by atoms with E-state index in [0.717, 1.165) is 5.56 Å². The fraction of sp³-hybridized carbons (Fsp3) is 0.529. The minimum atomic E-state index is -0.515. The Morgan fingerprint density at radius 1 is 1.22 bits per heavy atom. The highest BCUT2D eigenvalue weighted by atomic mass is 35.5. The Hall–Kier alpha value is -1.75. The molecule has 0 fully saturated rings. The van der Waals surface area contributed by atoms with Gasteiger partial charge in [0.2, 0.25) is 5.91 Å². The maximum Gasteiger partial charge on any atom is 0.407 e. The van der Waals surface area contributed by atoms with Crippen molar-refractivity contribution in [3.63, 3.8) is 0 Å². The van der Waals surface area contributed by atoms with Crippen LogP contribution in [0.4, 0.5) is 4.79 Å². The van der Waals surface area contributed by atoms with Gasteiger partial charge in [0.05, 0.1) is 0 Å². The van der Waals surface area contributed by atoms with Gasteiger partial charge < -0.3 is 15.0 Å². The van der Waals surface area contributed by atoms with Crippen LogP contribution in [0, 0.1) is 0 Å². The summed E-state index contributed by atoms with van der Waals surface area (Å²) < 4.78 is 5.12. The monoisotopic (exact) mass is 340 g/mol. The summed E-state index contributed by atoms with van der Waals surface area (Å²) in [6.45, 7) is 6.37. The van der Waals surface area contributed by atoms with Crippen LogP contribution in [0.1, 0.15) is 39.2 Å². The second-order valence-electron chi connectivity index (χ2n) is 6.41. The van der Waals surface area contributed by atoms with Crippen LogP contribution in [0.2, 0.25) is 5.02 Å². The molecule has 0 atom stereocenters. The number of nitrogens with zero attached hydrogens (tertiary/aromatic N) is 1. The number of carbonyl (C=O) groups excluding carboxylic acids is 2. The summed E-state index contributed by atoms with van der Waals surface area (Å²) in [5.74, 6) is 0.0333. The van der Waals surface area contributed by atoms with Crippen molar-refractivity contribution in [1.82, 2.24) is 10.2 Å². The highest BCUT2D eigenvalue weighted by Crippen LogP contribution is 2.11. The predicted octanol–water partition coefficient (Wildman–Crippen LogP) is 3.60. The number of ether oxygens (including phenoxy) is 1. The number of hydrogen-bond donors (Lipinski definition) is 1. The van der Waals surface area contributed by atoms with Gasteiger partial charge in [0.1, 0.15) is 5.60 Å². The predicted molar refractivity (Wildman–Crippen MR) is 91.4 cm³/mol. The molecule has 0 bridgehead atoms. The van der Waals surface area contributed by atoms with Gasteiger partial charge in [-0.25, -0.2) is 4.79 Å². The molecule has 0 unspecified atom stereocenters. The quantitative estimate of drug-likeness (QED) is 0.805. The molecule has 0 radical (unpaired) electrons. The molecule has 2 amide bonds. The number of hydrogen-bond acceptors (Lipinski definition) is 3. The van der Waals surface area contributed by atoms with Crippen LogP contribution in [0.15, 0.2) is 24.3 Å². The highest BCUT2D eigenvalue weighted by molar-refractivity contribution is 6.30. The highest BCUT2D eigenvalue weighted by Gasteiger charge is 2.15. The summed E-state index contributed by atoms with van der Waals surface area (Å²) in [5, 5.41) is 3.32. The van der Waals surface area contributed by atoms with Gasteiger partial charge in [-0.15, -0.1) is 0 Å². The summed E-state index contributed by atoms with van der Waals surface area (Å²) in [7, 11) is 1.76. The number of benzene rings is 1. The van der Waals surface area contributed by atoms with Gasteiger partial charge >= 0.3 is 6.09 Å². The molecule has 0 heterocycles. The lowest BCUT2D eigenvalue weighted by Gasteiger charge is -2.20. The molecule has 0 aromatic heterocycles. The summed E-state index contributed by atoms with van der Waals surface area (Å²) in [6.07, 6.45) is 0.489. The third kappa shape index (κ3) is 8.45. The summed E-state index contributed by atoms with van der Waals surface area (Å²) >= 11 is 5.84. The maximum atomic E-state index is 12.0. The molecular weight excluding hydrogens is 316 g/mol. The Kier molecular flexibility index (Phi) is 7.36. The first-order valence-electron chi connectivity index (χ1n) is 7.62. The van der Waals surface area contributed by atoms with E-state index in [1.54, 1.807) is 24.1 Å². The molecule has 23 heavy (non-hydrogen) atoms. The molecule has 0 aliphatic rings. The fourth-order valence-electron chi connectivity index (χ4n) is 1.89. The van der Waals surface area contributed by atoms with Gasteiger partial charge in [0, 0.05) is 31.6 Å². The van der Waals surface area contributed by atoms with Crippen LogP contribution in [0.25, 0.3) is 0 Å². The van der Waals surface area contributed by atoms with E-state index in [2.05, 4.69) is 5.32 Å². The lowest BCUT2D eigenvalue weighted by molar-refractivity contribution is -0.130. The van der Waals surface area contributed by atoms with Crippen LogP contribution >= 0.6 is 11.6 Å². The molecule has 0 spiro atoms. The molecule has 128 valence electrons. The Morgan fingerprint density at radius 3 is 2.39 bits per heavy atom. The molecule has 1 N–H and O–H groups in total. The van der Waals surface area contributed by atoms with Crippen LogP contribution in [-0.2, 0) is 16.1 Å². The van der Waals surface area contributed by atoms with Crippen LogP contribution in [0.5, 0.6) is 0 Å². The first-order chi connectivity index (χ1) is 10.7. The number of amides is 2. The van der Waals surface area contributed by atoms with Crippen LogP contribution in [0.3, 0.4) is 0 Å². The minimum absolute atomic E-state index is 0.0333. The van der Waals surface area contributed by atoms with Crippen LogP contribution < -0.4 is 5.32 Å². The Balaban J connectivity index is 2.25. The Morgan fingerprint density at radius 2 is 1.83 bits per heavy atom. The third-order valence-electron chi connectivity index (χ3n) is 2.99. The van der Waals surface area contributed by atoms with Crippen molar-refractivity contribution in [1.29, 1.82) is 0 Å². The van der Waals surface area contributed by atoms with E-state index in [0.29, 0.717) is 31.0 Å². The molecule has 0 aliphatic carbocycles. The largest absolute Gasteiger partial charge is 0.444 e. The smallest absolute Gasteiger partial charge is 0.407 e. The molecule has 0 saturated carbocycles. The average molecular weight is 341 g/mol. The zero-order chi connectivity index (χ0) is 17.5. The van der Waals surface area contributed by atoms with Gasteiger partial charge in [-0.3, -0.25) is 4.79 Å². The van der Waals surface area contributed by atoms with Crippen LogP contribution in [-0.4, -0.2) is 36.1 Å². The van der Waals surface area contributed by atoms with Crippen molar-refractivity contribution in [2.45, 2.75) is 45.8 Å². The summed E-state index contributed by atoms with van der Waals surface area (Å²) in [6, 6.07) is 7.41. The number of alkyl carbamates (subject to hydrolysis) is 1. The number of carbonyl (C=O) groups is 2. The zero-order valence-electron chi connectivity index (χ0n) is 14.2. The summed E-state index contributed by atoms with van der Waals surface area (Å²) in [4.78, 5) is 25.2. The average Bonchev–Trinajstić information content (AvgIpc) is 2.44. The number of halogens is 1. The molecule has 5 nitrogen and oxygen atoms in total. The van der Waals surface area contributed by atoms with Gasteiger partial charge in [0.15, 0.2) is 0 Å². The molecular formula is C17H25ClN2O3. The normalized spacial score (nSPS) is 11.0. The second kappa shape index (κ2) is 8.77. The standard InChI is InChI=1S/C17H25ClN2O3/c1-17(2,3)23-16(22)19-11-5-6-15(21)20(4)12-13-7-9-14(18)10-8-13/h7-10H,5-6,11-12H2,1-4H3,(H,19,22). The number of nitrogens with one attached hydrogen (secondary N) is 1. The molecule has 1 aromatic carbocycles. The maximum absolute atomic E-state index is 12.0. The van der Waals surface area contributed by atoms with E-state index in [1.807, 2.05) is 32.9 Å². The Labute approximate surface area is 142 Å². The second-order valence-corrected chi connectivity index (χ2v) is 6.84. The zero-order valence-corrected chi connectivity index (χ0v) is 14.9. The van der Waals surface area contributed by atoms with Crippen molar-refractivity contribution < 1.29 is 14.3 Å². The first-order valence-corrected chi connectivity index (χ1v) is 8.00. The van der Waals surface area contributed by atoms with E-state index >= 15 is 0 Å². The van der Waals surface area contributed by atoms with E-state index in [4.69, 9.17) is 16.3 Å². The van der Waals surface area contributed by atoms with Gasteiger partial charge in [-0.05, 0) is 44.9 Å². The lowest BCUT2D eigenvalue weighted by atomic mass is 10.2. The van der Waals surface area contributed by atoms with E-state index in [-0.39, 0.29) is 5.91 Å². The van der Waals surface area contributed by atoms with Crippen molar-refractivity contribution in [2.24, 2.45) is 0 Å². The fourth-order valence-corrected chi connectivity index (χ4v) is 2.01. The third-order valence-corrected chi connectivity index (χ3v) is 3.25. The van der Waals surface area contributed by atoms with Gasteiger partial charge in [-0.2, -0.15) is 0 Å². The van der Waals surface area contributed by atoms with E-state index in [9.17, 15) is 9.59 Å². The molecule has 6 heteroatoms. The SMILES string of the molecule is CN(Cc1ccc(Cl)cc1)C(=O)CCCNC(=O)OC(C)(C)C. The minimum Gasteiger partial charge on any atom is -0.444 e. The molecule has 0 aliphatic heterocycles. The van der Waals surface area contributed by atoms with Crippen molar-refractivity contribution in [3.05, 3.63) is 34.9 Å².